The van der Waals surface area contributed by atoms with E-state index in [9.17, 15) is 13.2 Å². The Morgan fingerprint density at radius 3 is 2.71 bits per heavy atom. The van der Waals surface area contributed by atoms with E-state index in [2.05, 4.69) is 5.32 Å². The van der Waals surface area contributed by atoms with Gasteiger partial charge in [-0.2, -0.15) is 0 Å². The second-order valence-electron chi connectivity index (χ2n) is 3.78. The second-order valence-corrected chi connectivity index (χ2v) is 6.95. The first-order chi connectivity index (χ1) is 7.91. The van der Waals surface area contributed by atoms with Gasteiger partial charge in [0.1, 0.15) is 0 Å². The van der Waals surface area contributed by atoms with Crippen molar-refractivity contribution < 1.29 is 13.2 Å². The minimum atomic E-state index is -3.46. The minimum Gasteiger partial charge on any atom is -0.324 e. The Hall–Kier alpha value is -1.05. The highest BCUT2D eigenvalue weighted by molar-refractivity contribution is 8.00. The van der Waals surface area contributed by atoms with E-state index in [-0.39, 0.29) is 10.8 Å². The summed E-state index contributed by atoms with van der Waals surface area (Å²) >= 11 is 1.40. The molecule has 0 radical (unpaired) electrons. The van der Waals surface area contributed by atoms with Gasteiger partial charge in [-0.3, -0.25) is 4.79 Å². The summed E-state index contributed by atoms with van der Waals surface area (Å²) in [4.78, 5) is 12.3. The molecule has 0 bridgehead atoms. The van der Waals surface area contributed by atoms with E-state index in [0.717, 1.165) is 9.20 Å². The highest BCUT2D eigenvalue weighted by Crippen LogP contribution is 2.33. The molecule has 0 aliphatic carbocycles. The number of thioether (sulfide) groups is 1. The predicted molar refractivity (Wildman–Crippen MR) is 66.7 cm³/mol. The van der Waals surface area contributed by atoms with Crippen LogP contribution in [0.15, 0.2) is 28.0 Å². The van der Waals surface area contributed by atoms with Crippen LogP contribution in [0.25, 0.3) is 0 Å². The van der Waals surface area contributed by atoms with Gasteiger partial charge < -0.3 is 5.32 Å². The highest BCUT2D eigenvalue weighted by atomic mass is 32.2. The lowest BCUT2D eigenvalue weighted by atomic mass is 10.3. The molecule has 0 spiro atoms. The molecule has 5 nitrogen and oxygen atoms in total. The average Bonchev–Trinajstić information content (AvgIpc) is 2.27. The van der Waals surface area contributed by atoms with Gasteiger partial charge >= 0.3 is 0 Å². The maximum absolute atomic E-state index is 11.9. The van der Waals surface area contributed by atoms with Crippen molar-refractivity contribution in [2.75, 3.05) is 25.2 Å². The quantitative estimate of drug-likeness (QED) is 0.871. The number of rotatable bonds is 2. The maximum atomic E-state index is 11.9. The van der Waals surface area contributed by atoms with Gasteiger partial charge in [0, 0.05) is 19.0 Å². The first-order valence-electron chi connectivity index (χ1n) is 4.90. The Balaban J connectivity index is 2.47. The lowest BCUT2D eigenvalue weighted by Gasteiger charge is -2.18. The van der Waals surface area contributed by atoms with E-state index in [0.29, 0.717) is 11.4 Å². The topological polar surface area (TPSA) is 66.5 Å². The summed E-state index contributed by atoms with van der Waals surface area (Å²) in [6, 6.07) is 4.77. The van der Waals surface area contributed by atoms with Crippen LogP contribution in [0.3, 0.4) is 0 Å². The van der Waals surface area contributed by atoms with Crippen LogP contribution in [0, 0.1) is 0 Å². The van der Waals surface area contributed by atoms with Gasteiger partial charge in [-0.25, -0.2) is 12.7 Å². The molecule has 1 amide bonds. The number of anilines is 1. The van der Waals surface area contributed by atoms with Gasteiger partial charge in [-0.15, -0.1) is 11.8 Å². The number of benzene rings is 1. The summed E-state index contributed by atoms with van der Waals surface area (Å²) in [5, 5.41) is 2.67. The molecule has 1 aromatic rings. The lowest BCUT2D eigenvalue weighted by Crippen LogP contribution is -2.23. The van der Waals surface area contributed by atoms with Gasteiger partial charge in [0.05, 0.1) is 16.3 Å². The van der Waals surface area contributed by atoms with E-state index >= 15 is 0 Å². The van der Waals surface area contributed by atoms with E-state index in [4.69, 9.17) is 0 Å². The molecule has 17 heavy (non-hydrogen) atoms. The lowest BCUT2D eigenvalue weighted by molar-refractivity contribution is -0.113. The van der Waals surface area contributed by atoms with Gasteiger partial charge in [0.15, 0.2) is 0 Å². The fourth-order valence-electron chi connectivity index (χ4n) is 1.43. The molecule has 1 heterocycles. The van der Waals surface area contributed by atoms with Crippen molar-refractivity contribution in [1.29, 1.82) is 0 Å². The zero-order valence-electron chi connectivity index (χ0n) is 9.43. The number of amides is 1. The standard InChI is InChI=1S/C10H12N2O3S2/c1-12(2)17(14,15)7-3-4-9-8(5-7)11-10(13)6-16-9/h3-5H,6H2,1-2H3,(H,11,13). The number of sulfonamides is 1. The van der Waals surface area contributed by atoms with Crippen molar-refractivity contribution in [2.45, 2.75) is 9.79 Å². The fourth-order valence-corrected chi connectivity index (χ4v) is 3.15. The van der Waals surface area contributed by atoms with E-state index in [1.54, 1.807) is 12.1 Å². The molecule has 0 aromatic heterocycles. The van der Waals surface area contributed by atoms with Crippen LogP contribution in [-0.2, 0) is 14.8 Å². The minimum absolute atomic E-state index is 0.109. The molecule has 1 aliphatic rings. The van der Waals surface area contributed by atoms with Crippen LogP contribution in [0.2, 0.25) is 0 Å². The zero-order chi connectivity index (χ0) is 12.6. The number of hydrogen-bond donors (Lipinski definition) is 1. The van der Waals surface area contributed by atoms with Crippen LogP contribution in [-0.4, -0.2) is 38.5 Å². The molecule has 92 valence electrons. The van der Waals surface area contributed by atoms with E-state index in [1.807, 2.05) is 0 Å². The number of hydrogen-bond acceptors (Lipinski definition) is 4. The predicted octanol–water partition coefficient (Wildman–Crippen LogP) is 0.981. The molecule has 0 saturated carbocycles. The van der Waals surface area contributed by atoms with Crippen LogP contribution in [0.4, 0.5) is 5.69 Å². The summed E-state index contributed by atoms with van der Waals surface area (Å²) in [5.74, 6) is 0.258. The molecule has 1 aliphatic heterocycles. The molecule has 0 atom stereocenters. The van der Waals surface area contributed by atoms with E-state index < -0.39 is 10.0 Å². The fraction of sp³-hybridized carbons (Fsp3) is 0.300. The molecular weight excluding hydrogens is 260 g/mol. The maximum Gasteiger partial charge on any atom is 0.242 e. The van der Waals surface area contributed by atoms with Gasteiger partial charge in [0.25, 0.3) is 0 Å². The Morgan fingerprint density at radius 2 is 2.06 bits per heavy atom. The van der Waals surface area contributed by atoms with Crippen molar-refractivity contribution in [3.05, 3.63) is 18.2 Å². The molecular formula is C10H12N2O3S2. The van der Waals surface area contributed by atoms with Crippen molar-refractivity contribution >= 4 is 33.4 Å². The van der Waals surface area contributed by atoms with Crippen molar-refractivity contribution in [3.8, 4) is 0 Å². The summed E-state index contributed by atoms with van der Waals surface area (Å²) in [6.07, 6.45) is 0. The van der Waals surface area contributed by atoms with E-state index in [1.165, 1.54) is 31.9 Å². The highest BCUT2D eigenvalue weighted by Gasteiger charge is 2.21. The van der Waals surface area contributed by atoms with Crippen LogP contribution >= 0.6 is 11.8 Å². The number of carbonyl (C=O) groups excluding carboxylic acids is 1. The molecule has 1 aromatic carbocycles. The van der Waals surface area contributed by atoms with Gasteiger partial charge in [0.2, 0.25) is 15.9 Å². The average molecular weight is 272 g/mol. The molecule has 1 N–H and O–H groups in total. The van der Waals surface area contributed by atoms with Crippen molar-refractivity contribution in [1.82, 2.24) is 4.31 Å². The smallest absolute Gasteiger partial charge is 0.242 e. The van der Waals surface area contributed by atoms with Crippen LogP contribution in [0.5, 0.6) is 0 Å². The first-order valence-corrected chi connectivity index (χ1v) is 7.33. The summed E-state index contributed by atoms with van der Waals surface area (Å²) in [7, 11) is -0.506. The molecule has 7 heteroatoms. The Morgan fingerprint density at radius 1 is 1.35 bits per heavy atom. The molecule has 0 unspecified atom stereocenters. The Labute approximate surface area is 104 Å². The third-order valence-corrected chi connectivity index (χ3v) is 5.25. The van der Waals surface area contributed by atoms with Crippen molar-refractivity contribution in [3.63, 3.8) is 0 Å². The molecule has 0 fully saturated rings. The first kappa shape index (κ1) is 12.4. The van der Waals surface area contributed by atoms with Crippen LogP contribution in [0.1, 0.15) is 0 Å². The molecule has 2 rings (SSSR count). The van der Waals surface area contributed by atoms with Crippen molar-refractivity contribution in [2.24, 2.45) is 0 Å². The van der Waals surface area contributed by atoms with Gasteiger partial charge in [-0.05, 0) is 18.2 Å². The third kappa shape index (κ3) is 2.31. The largest absolute Gasteiger partial charge is 0.324 e. The molecule has 0 saturated heterocycles. The normalized spacial score (nSPS) is 15.6. The third-order valence-electron chi connectivity index (χ3n) is 2.36. The number of nitrogens with zero attached hydrogens (tertiary/aromatic N) is 1. The number of carbonyl (C=O) groups is 1. The van der Waals surface area contributed by atoms with Crippen LogP contribution < -0.4 is 5.32 Å². The number of nitrogens with one attached hydrogen (secondary N) is 1. The monoisotopic (exact) mass is 272 g/mol. The van der Waals surface area contributed by atoms with Gasteiger partial charge in [-0.1, -0.05) is 0 Å². The summed E-state index contributed by atoms with van der Waals surface area (Å²) in [6.45, 7) is 0. The SMILES string of the molecule is CN(C)S(=O)(=O)c1ccc2c(c1)NC(=O)CS2. The second kappa shape index (κ2) is 4.32. The summed E-state index contributed by atoms with van der Waals surface area (Å²) < 4.78 is 25.0. The number of fused-ring (bicyclic) bond motifs is 1. The zero-order valence-corrected chi connectivity index (χ0v) is 11.1. The Kier molecular flexibility index (Phi) is 3.15. The summed E-state index contributed by atoms with van der Waals surface area (Å²) in [5.41, 5.74) is 0.564. The Bertz CT molecular complexity index is 567.